The first-order valence-electron chi connectivity index (χ1n) is 5.67. The van der Waals surface area contributed by atoms with Crippen LogP contribution in [0.3, 0.4) is 0 Å². The molecule has 0 aliphatic rings. The molecule has 98 valence electrons. The number of carboxylic acid groups (broad SMARTS) is 1. The molecule has 0 fully saturated rings. The van der Waals surface area contributed by atoms with Crippen molar-refractivity contribution in [3.05, 3.63) is 36.4 Å². The zero-order valence-corrected chi connectivity index (χ0v) is 10.7. The molecule has 0 saturated carbocycles. The van der Waals surface area contributed by atoms with Gasteiger partial charge in [-0.2, -0.15) is 0 Å². The molecule has 4 heteroatoms. The quantitative estimate of drug-likeness (QED) is 0.755. The smallest absolute Gasteiger partial charge is 0.307 e. The Hall–Kier alpha value is -1.97. The molecular formula is C14H18O4. The maximum Gasteiger partial charge on any atom is 0.307 e. The summed E-state index contributed by atoms with van der Waals surface area (Å²) in [6, 6.07) is 5.40. The summed E-state index contributed by atoms with van der Waals surface area (Å²) < 4.78 is 10.5. The lowest BCUT2D eigenvalue weighted by molar-refractivity contribution is -0.141. The molecule has 1 atom stereocenters. The summed E-state index contributed by atoms with van der Waals surface area (Å²) in [4.78, 5) is 11.2. The van der Waals surface area contributed by atoms with Gasteiger partial charge >= 0.3 is 5.97 Å². The minimum atomic E-state index is -0.845. The molecule has 1 N–H and O–H groups in total. The molecule has 1 aromatic rings. The number of ether oxygens (including phenoxy) is 2. The maximum absolute atomic E-state index is 11.2. The number of carbonyl (C=O) groups is 1. The minimum Gasteiger partial charge on any atom is -0.496 e. The van der Waals surface area contributed by atoms with Crippen molar-refractivity contribution in [1.29, 1.82) is 0 Å². The molecule has 0 unspecified atom stereocenters. The monoisotopic (exact) mass is 250 g/mol. The number of rotatable bonds is 7. The molecule has 0 saturated heterocycles. The third-order valence-corrected chi connectivity index (χ3v) is 2.78. The van der Waals surface area contributed by atoms with Crippen molar-refractivity contribution in [3.63, 3.8) is 0 Å². The standard InChI is InChI=1S/C14H18O4/c1-4-6-10(14(15)16)9-11-12(17-2)7-5-8-13(11)18-3/h4-5,7-8,10H,1,6,9H2,2-3H3,(H,15,16)/t10-/m0/s1. The predicted molar refractivity (Wildman–Crippen MR) is 69.2 cm³/mol. The van der Waals surface area contributed by atoms with Gasteiger partial charge in [-0.25, -0.2) is 0 Å². The molecule has 0 spiro atoms. The van der Waals surface area contributed by atoms with Crippen molar-refractivity contribution in [2.45, 2.75) is 12.8 Å². The number of methoxy groups -OCH3 is 2. The summed E-state index contributed by atoms with van der Waals surface area (Å²) in [5.41, 5.74) is 0.775. The minimum absolute atomic E-state index is 0.356. The summed E-state index contributed by atoms with van der Waals surface area (Å²) in [5, 5.41) is 9.16. The SMILES string of the molecule is C=CC[C@@H](Cc1c(OC)cccc1OC)C(=O)O. The molecule has 4 nitrogen and oxygen atoms in total. The van der Waals surface area contributed by atoms with Crippen LogP contribution < -0.4 is 9.47 Å². The summed E-state index contributed by atoms with van der Waals surface area (Å²) in [6.45, 7) is 3.58. The van der Waals surface area contributed by atoms with Crippen LogP contribution in [0.25, 0.3) is 0 Å². The van der Waals surface area contributed by atoms with Gasteiger partial charge in [0.1, 0.15) is 11.5 Å². The van der Waals surface area contributed by atoms with Gasteiger partial charge in [0.25, 0.3) is 0 Å². The second-order valence-electron chi connectivity index (χ2n) is 3.90. The second-order valence-corrected chi connectivity index (χ2v) is 3.90. The van der Waals surface area contributed by atoms with Crippen molar-refractivity contribution in [3.8, 4) is 11.5 Å². The zero-order valence-electron chi connectivity index (χ0n) is 10.7. The molecule has 0 aromatic heterocycles. The third kappa shape index (κ3) is 3.26. The normalized spacial score (nSPS) is 11.7. The van der Waals surface area contributed by atoms with Gasteiger partial charge in [-0.1, -0.05) is 12.1 Å². The van der Waals surface area contributed by atoms with Gasteiger partial charge in [0.2, 0.25) is 0 Å². The van der Waals surface area contributed by atoms with E-state index in [1.807, 2.05) is 6.07 Å². The van der Waals surface area contributed by atoms with E-state index >= 15 is 0 Å². The summed E-state index contributed by atoms with van der Waals surface area (Å²) in [5.74, 6) is -0.0788. The summed E-state index contributed by atoms with van der Waals surface area (Å²) >= 11 is 0. The highest BCUT2D eigenvalue weighted by molar-refractivity contribution is 5.71. The van der Waals surface area contributed by atoms with Gasteiger partial charge in [0.05, 0.1) is 20.1 Å². The highest BCUT2D eigenvalue weighted by atomic mass is 16.5. The lowest BCUT2D eigenvalue weighted by atomic mass is 9.95. The molecule has 0 heterocycles. The van der Waals surface area contributed by atoms with Crippen LogP contribution in [0.2, 0.25) is 0 Å². The van der Waals surface area contributed by atoms with Gasteiger partial charge in [-0.05, 0) is 25.0 Å². The number of carboxylic acids is 1. The summed E-state index contributed by atoms with van der Waals surface area (Å²) in [6.07, 6.45) is 2.38. The van der Waals surface area contributed by atoms with E-state index in [9.17, 15) is 4.79 Å². The Morgan fingerprint density at radius 1 is 1.39 bits per heavy atom. The van der Waals surface area contributed by atoms with E-state index in [1.165, 1.54) is 0 Å². The van der Waals surface area contributed by atoms with Crippen molar-refractivity contribution in [1.82, 2.24) is 0 Å². The Morgan fingerprint density at radius 3 is 2.33 bits per heavy atom. The fourth-order valence-corrected chi connectivity index (χ4v) is 1.85. The Balaban J connectivity index is 3.06. The van der Waals surface area contributed by atoms with E-state index in [2.05, 4.69) is 6.58 Å². The largest absolute Gasteiger partial charge is 0.496 e. The van der Waals surface area contributed by atoms with Gasteiger partial charge in [-0.15, -0.1) is 6.58 Å². The van der Waals surface area contributed by atoms with E-state index in [4.69, 9.17) is 14.6 Å². The van der Waals surface area contributed by atoms with Crippen LogP contribution in [0, 0.1) is 5.92 Å². The third-order valence-electron chi connectivity index (χ3n) is 2.78. The number of hydrogen-bond donors (Lipinski definition) is 1. The van der Waals surface area contributed by atoms with Crippen LogP contribution in [0.4, 0.5) is 0 Å². The lowest BCUT2D eigenvalue weighted by Gasteiger charge is -2.16. The first kappa shape index (κ1) is 14.1. The Morgan fingerprint density at radius 2 is 1.94 bits per heavy atom. The van der Waals surface area contributed by atoms with Crippen molar-refractivity contribution < 1.29 is 19.4 Å². The number of hydrogen-bond acceptors (Lipinski definition) is 3. The number of allylic oxidation sites excluding steroid dienone is 1. The van der Waals surface area contributed by atoms with Crippen molar-refractivity contribution >= 4 is 5.97 Å². The molecule has 1 aromatic carbocycles. The molecule has 0 aliphatic heterocycles. The Kier molecular flexibility index (Phi) is 5.24. The Labute approximate surface area is 107 Å². The van der Waals surface area contributed by atoms with Gasteiger partial charge < -0.3 is 14.6 Å². The van der Waals surface area contributed by atoms with Gasteiger partial charge in [0, 0.05) is 5.56 Å². The maximum atomic E-state index is 11.2. The fraction of sp³-hybridized carbons (Fsp3) is 0.357. The highest BCUT2D eigenvalue weighted by Crippen LogP contribution is 2.31. The van der Waals surface area contributed by atoms with E-state index in [0.29, 0.717) is 24.3 Å². The number of benzene rings is 1. The number of aliphatic carboxylic acids is 1. The fourth-order valence-electron chi connectivity index (χ4n) is 1.85. The van der Waals surface area contributed by atoms with E-state index in [-0.39, 0.29) is 0 Å². The Bertz CT molecular complexity index is 404. The van der Waals surface area contributed by atoms with Gasteiger partial charge in [-0.3, -0.25) is 4.79 Å². The second kappa shape index (κ2) is 6.69. The van der Waals surface area contributed by atoms with E-state index in [1.54, 1.807) is 32.4 Å². The zero-order chi connectivity index (χ0) is 13.5. The predicted octanol–water partition coefficient (Wildman–Crippen LogP) is 2.52. The average molecular weight is 250 g/mol. The molecular weight excluding hydrogens is 232 g/mol. The van der Waals surface area contributed by atoms with Crippen molar-refractivity contribution in [2.75, 3.05) is 14.2 Å². The molecule has 1 rings (SSSR count). The summed E-state index contributed by atoms with van der Waals surface area (Å²) in [7, 11) is 3.11. The highest BCUT2D eigenvalue weighted by Gasteiger charge is 2.21. The van der Waals surface area contributed by atoms with Gasteiger partial charge in [0.15, 0.2) is 0 Å². The van der Waals surface area contributed by atoms with Crippen molar-refractivity contribution in [2.24, 2.45) is 5.92 Å². The molecule has 0 amide bonds. The molecule has 0 bridgehead atoms. The van der Waals surface area contributed by atoms with Crippen LogP contribution in [-0.2, 0) is 11.2 Å². The van der Waals surface area contributed by atoms with E-state index < -0.39 is 11.9 Å². The lowest BCUT2D eigenvalue weighted by Crippen LogP contribution is -2.16. The first-order valence-corrected chi connectivity index (χ1v) is 5.67. The molecule has 18 heavy (non-hydrogen) atoms. The molecule has 0 radical (unpaired) electrons. The van der Waals surface area contributed by atoms with Crippen LogP contribution in [0.15, 0.2) is 30.9 Å². The van der Waals surface area contributed by atoms with Crippen LogP contribution in [0.5, 0.6) is 11.5 Å². The van der Waals surface area contributed by atoms with Crippen LogP contribution in [-0.4, -0.2) is 25.3 Å². The molecule has 0 aliphatic carbocycles. The van der Waals surface area contributed by atoms with E-state index in [0.717, 1.165) is 5.56 Å². The van der Waals surface area contributed by atoms with Crippen LogP contribution >= 0.6 is 0 Å². The topological polar surface area (TPSA) is 55.8 Å². The first-order chi connectivity index (χ1) is 8.63. The van der Waals surface area contributed by atoms with Crippen LogP contribution in [0.1, 0.15) is 12.0 Å². The average Bonchev–Trinajstić information content (AvgIpc) is 2.38.